The van der Waals surface area contributed by atoms with Crippen molar-refractivity contribution in [2.24, 2.45) is 0 Å². The summed E-state index contributed by atoms with van der Waals surface area (Å²) in [6.07, 6.45) is 1.86. The Morgan fingerprint density at radius 2 is 1.88 bits per heavy atom. The molecule has 0 spiro atoms. The molecule has 1 aliphatic rings. The summed E-state index contributed by atoms with van der Waals surface area (Å²) in [5.74, 6) is -1.28. The lowest BCUT2D eigenvalue weighted by atomic mass is 9.95. The van der Waals surface area contributed by atoms with E-state index in [0.29, 0.717) is 40.7 Å². The van der Waals surface area contributed by atoms with E-state index in [-0.39, 0.29) is 22.8 Å². The number of ketones is 1. The number of phenols is 1. The molecule has 4 aromatic rings. The summed E-state index contributed by atoms with van der Waals surface area (Å²) in [7, 11) is 0. The number of aliphatic hydroxyl groups is 1. The van der Waals surface area contributed by atoms with E-state index in [9.17, 15) is 19.8 Å². The standard InChI is InChI=1S/C31H30N2O6S/c1-4-6-14-39-21-9-7-8-20(16-21)28(35)26-27(19-11-13-23(34)24(17-19)38-5-2)33(30(37)29(26)36)31-32-22-12-10-18(3)15-25(22)40-31/h7-13,15-17,27,34-35H,4-6,14H2,1-3H3. The molecule has 1 amide bonds. The molecule has 40 heavy (non-hydrogen) atoms. The highest BCUT2D eigenvalue weighted by Gasteiger charge is 2.48. The predicted octanol–water partition coefficient (Wildman–Crippen LogP) is 6.51. The van der Waals surface area contributed by atoms with Crippen LogP contribution in [0.3, 0.4) is 0 Å². The molecular formula is C31H30N2O6S. The Hall–Kier alpha value is -4.37. The number of thiazole rings is 1. The van der Waals surface area contributed by atoms with Crippen LogP contribution in [0.25, 0.3) is 16.0 Å². The summed E-state index contributed by atoms with van der Waals surface area (Å²) < 4.78 is 12.3. The van der Waals surface area contributed by atoms with Gasteiger partial charge in [-0.1, -0.05) is 48.9 Å². The molecule has 1 aromatic heterocycles. The number of benzene rings is 3. The molecule has 5 rings (SSSR count). The van der Waals surface area contributed by atoms with Crippen LogP contribution in [0.4, 0.5) is 5.13 Å². The van der Waals surface area contributed by atoms with Gasteiger partial charge in [0.2, 0.25) is 0 Å². The van der Waals surface area contributed by atoms with Crippen molar-refractivity contribution < 1.29 is 29.3 Å². The first-order valence-electron chi connectivity index (χ1n) is 13.2. The average Bonchev–Trinajstić information content (AvgIpc) is 3.47. The third kappa shape index (κ3) is 5.12. The second kappa shape index (κ2) is 11.4. The maximum atomic E-state index is 13.6. The molecule has 1 aliphatic heterocycles. The number of ether oxygens (including phenoxy) is 2. The minimum atomic E-state index is -1.01. The van der Waals surface area contributed by atoms with Crippen LogP contribution in [-0.4, -0.2) is 40.1 Å². The molecule has 1 fully saturated rings. The topological polar surface area (TPSA) is 109 Å². The van der Waals surface area contributed by atoms with Gasteiger partial charge in [0.15, 0.2) is 16.6 Å². The largest absolute Gasteiger partial charge is 0.507 e. The lowest BCUT2D eigenvalue weighted by Gasteiger charge is -2.23. The van der Waals surface area contributed by atoms with Crippen molar-refractivity contribution in [2.45, 2.75) is 39.7 Å². The number of phenolic OH excluding ortho intramolecular Hbond substituents is 1. The van der Waals surface area contributed by atoms with Gasteiger partial charge in [0.1, 0.15) is 11.5 Å². The summed E-state index contributed by atoms with van der Waals surface area (Å²) in [6, 6.07) is 16.2. The highest BCUT2D eigenvalue weighted by Crippen LogP contribution is 2.46. The number of rotatable bonds is 9. The Kier molecular flexibility index (Phi) is 7.75. The maximum Gasteiger partial charge on any atom is 0.301 e. The predicted molar refractivity (Wildman–Crippen MR) is 155 cm³/mol. The number of aliphatic hydroxyl groups excluding tert-OH is 1. The van der Waals surface area contributed by atoms with E-state index >= 15 is 0 Å². The first-order chi connectivity index (χ1) is 19.3. The molecule has 2 N–H and O–H groups in total. The van der Waals surface area contributed by atoms with Crippen molar-refractivity contribution in [3.05, 3.63) is 82.9 Å². The molecule has 8 nitrogen and oxygen atoms in total. The second-order valence-electron chi connectivity index (χ2n) is 9.53. The summed E-state index contributed by atoms with van der Waals surface area (Å²) in [6.45, 7) is 6.65. The van der Waals surface area contributed by atoms with Gasteiger partial charge in [0.05, 0.1) is 35.0 Å². The van der Waals surface area contributed by atoms with Crippen molar-refractivity contribution in [3.63, 3.8) is 0 Å². The normalized spacial score (nSPS) is 16.6. The summed E-state index contributed by atoms with van der Waals surface area (Å²) in [4.78, 5) is 33.2. The first-order valence-corrected chi connectivity index (χ1v) is 14.0. The summed E-state index contributed by atoms with van der Waals surface area (Å²) in [5.41, 5.74) is 2.49. The number of aryl methyl sites for hydroxylation is 1. The minimum absolute atomic E-state index is 0.0741. The van der Waals surface area contributed by atoms with Gasteiger partial charge in [-0.3, -0.25) is 14.5 Å². The van der Waals surface area contributed by atoms with Gasteiger partial charge < -0.3 is 19.7 Å². The number of aromatic hydroxyl groups is 1. The Morgan fingerprint density at radius 3 is 2.65 bits per heavy atom. The fraction of sp³-hybridized carbons (Fsp3) is 0.258. The molecule has 3 aromatic carbocycles. The van der Waals surface area contributed by atoms with Crippen molar-refractivity contribution in [3.8, 4) is 17.2 Å². The van der Waals surface area contributed by atoms with Gasteiger partial charge in [0, 0.05) is 5.56 Å². The molecule has 0 saturated carbocycles. The fourth-order valence-corrected chi connectivity index (χ4v) is 5.75. The number of Topliss-reactive ketones (excluding diaryl/α,β-unsaturated/α-hetero) is 1. The minimum Gasteiger partial charge on any atom is -0.507 e. The molecule has 9 heteroatoms. The number of anilines is 1. The lowest BCUT2D eigenvalue weighted by Crippen LogP contribution is -2.29. The Bertz CT molecular complexity index is 1630. The maximum absolute atomic E-state index is 13.6. The zero-order valence-corrected chi connectivity index (χ0v) is 23.3. The van der Waals surface area contributed by atoms with E-state index in [1.54, 1.807) is 43.3 Å². The highest BCUT2D eigenvalue weighted by molar-refractivity contribution is 7.22. The van der Waals surface area contributed by atoms with Gasteiger partial charge in [-0.25, -0.2) is 4.98 Å². The second-order valence-corrected chi connectivity index (χ2v) is 10.5. The molecule has 1 saturated heterocycles. The van der Waals surface area contributed by atoms with Crippen LogP contribution in [0.2, 0.25) is 0 Å². The monoisotopic (exact) mass is 558 g/mol. The van der Waals surface area contributed by atoms with Crippen molar-refractivity contribution >= 4 is 44.1 Å². The fourth-order valence-electron chi connectivity index (χ4n) is 4.66. The zero-order valence-electron chi connectivity index (χ0n) is 22.5. The lowest BCUT2D eigenvalue weighted by molar-refractivity contribution is -0.132. The van der Waals surface area contributed by atoms with Crippen molar-refractivity contribution in [2.75, 3.05) is 18.1 Å². The van der Waals surface area contributed by atoms with Crippen LogP contribution < -0.4 is 14.4 Å². The van der Waals surface area contributed by atoms with Gasteiger partial charge in [0.25, 0.3) is 5.78 Å². The third-order valence-electron chi connectivity index (χ3n) is 6.66. The smallest absolute Gasteiger partial charge is 0.301 e. The van der Waals surface area contributed by atoms with E-state index < -0.39 is 17.7 Å². The molecule has 2 heterocycles. The first kappa shape index (κ1) is 27.2. The quantitative estimate of drug-likeness (QED) is 0.104. The number of fused-ring (bicyclic) bond motifs is 1. The van der Waals surface area contributed by atoms with Crippen LogP contribution in [0.1, 0.15) is 49.4 Å². The van der Waals surface area contributed by atoms with Gasteiger partial charge in [-0.15, -0.1) is 0 Å². The van der Waals surface area contributed by atoms with E-state index in [1.807, 2.05) is 25.1 Å². The molecule has 206 valence electrons. The third-order valence-corrected chi connectivity index (χ3v) is 7.67. The molecule has 0 aliphatic carbocycles. The number of hydrogen-bond donors (Lipinski definition) is 2. The molecule has 0 radical (unpaired) electrons. The summed E-state index contributed by atoms with van der Waals surface area (Å²) in [5, 5.41) is 22.2. The zero-order chi connectivity index (χ0) is 28.4. The van der Waals surface area contributed by atoms with E-state index in [4.69, 9.17) is 9.47 Å². The number of hydrogen-bond acceptors (Lipinski definition) is 8. The van der Waals surface area contributed by atoms with E-state index in [1.165, 1.54) is 22.3 Å². The van der Waals surface area contributed by atoms with Crippen LogP contribution in [-0.2, 0) is 9.59 Å². The van der Waals surface area contributed by atoms with Crippen LogP contribution in [0.5, 0.6) is 17.2 Å². The molecule has 0 bridgehead atoms. The number of nitrogens with zero attached hydrogens (tertiary/aromatic N) is 2. The molecular weight excluding hydrogens is 528 g/mol. The van der Waals surface area contributed by atoms with Crippen LogP contribution in [0.15, 0.2) is 66.2 Å². The summed E-state index contributed by atoms with van der Waals surface area (Å²) >= 11 is 1.29. The SMILES string of the molecule is CCCCOc1cccc(C(O)=C2C(=O)C(=O)N(c3nc4ccc(C)cc4s3)C2c2ccc(O)c(OCC)c2)c1. The number of amides is 1. The van der Waals surface area contributed by atoms with Crippen molar-refractivity contribution in [1.82, 2.24) is 4.98 Å². The van der Waals surface area contributed by atoms with Crippen LogP contribution in [0, 0.1) is 6.92 Å². The van der Waals surface area contributed by atoms with Gasteiger partial charge in [-0.05, 0) is 67.8 Å². The highest BCUT2D eigenvalue weighted by atomic mass is 32.1. The number of unbranched alkanes of at least 4 members (excludes halogenated alkanes) is 1. The Balaban J connectivity index is 1.68. The molecule has 1 unspecified atom stereocenters. The Morgan fingerprint density at radius 1 is 1.05 bits per heavy atom. The van der Waals surface area contributed by atoms with Crippen LogP contribution >= 0.6 is 11.3 Å². The van der Waals surface area contributed by atoms with E-state index in [0.717, 1.165) is 23.1 Å². The molecule has 1 atom stereocenters. The Labute approximate surface area is 236 Å². The number of carbonyl (C=O) groups excluding carboxylic acids is 2. The number of aromatic nitrogens is 1. The van der Waals surface area contributed by atoms with Crippen molar-refractivity contribution in [1.29, 1.82) is 0 Å². The van der Waals surface area contributed by atoms with Gasteiger partial charge >= 0.3 is 5.91 Å². The number of carbonyl (C=O) groups is 2. The van der Waals surface area contributed by atoms with E-state index in [2.05, 4.69) is 11.9 Å². The average molecular weight is 559 g/mol. The van der Waals surface area contributed by atoms with Gasteiger partial charge in [-0.2, -0.15) is 0 Å².